The van der Waals surface area contributed by atoms with E-state index >= 15 is 0 Å². The zero-order valence-corrected chi connectivity index (χ0v) is 14.9. The molecule has 142 valence electrons. The smallest absolute Gasteiger partial charge is 0.342 e. The van der Waals surface area contributed by atoms with E-state index in [0.717, 1.165) is 0 Å². The van der Waals surface area contributed by atoms with E-state index in [-0.39, 0.29) is 35.7 Å². The highest BCUT2D eigenvalue weighted by atomic mass is 16.5. The van der Waals surface area contributed by atoms with Crippen LogP contribution in [0.25, 0.3) is 0 Å². The number of carbonyl (C=O) groups is 3. The Kier molecular flexibility index (Phi) is 5.41. The van der Waals surface area contributed by atoms with E-state index in [2.05, 4.69) is 5.10 Å². The summed E-state index contributed by atoms with van der Waals surface area (Å²) < 4.78 is 12.2. The molecule has 0 aliphatic heterocycles. The average Bonchev–Trinajstić information content (AvgIpc) is 3.17. The Morgan fingerprint density at radius 1 is 1.27 bits per heavy atom. The predicted molar refractivity (Wildman–Crippen MR) is 90.4 cm³/mol. The molecule has 1 heterocycles. The standard InChI is InChI=1S/C18H24N2O6/c1-2-25-9-10-26-16-13(17(23)24)11-20(19-16)12-5-7-18(8-6-12)14(21)3-4-15(18)22/h11-12H,2-10H2,1H3,(H,23,24). The van der Waals surface area contributed by atoms with E-state index in [0.29, 0.717) is 51.7 Å². The van der Waals surface area contributed by atoms with Crippen molar-refractivity contribution in [1.29, 1.82) is 0 Å². The summed E-state index contributed by atoms with van der Waals surface area (Å²) in [7, 11) is 0. The molecule has 0 saturated heterocycles. The predicted octanol–water partition coefficient (Wildman–Crippen LogP) is 2.03. The number of hydrogen-bond acceptors (Lipinski definition) is 6. The summed E-state index contributed by atoms with van der Waals surface area (Å²) in [5.74, 6) is -0.901. The fourth-order valence-corrected chi connectivity index (χ4v) is 3.94. The van der Waals surface area contributed by atoms with Crippen LogP contribution in [0.5, 0.6) is 5.88 Å². The Balaban J connectivity index is 1.69. The number of Topliss-reactive ketones (excluding diaryl/α,β-unsaturated/α-hetero) is 2. The van der Waals surface area contributed by atoms with Crippen molar-refractivity contribution in [3.63, 3.8) is 0 Å². The molecule has 3 rings (SSSR count). The highest BCUT2D eigenvalue weighted by molar-refractivity contribution is 6.12. The molecule has 26 heavy (non-hydrogen) atoms. The number of carboxylic acid groups (broad SMARTS) is 1. The van der Waals surface area contributed by atoms with Gasteiger partial charge in [-0.25, -0.2) is 4.79 Å². The molecule has 1 N–H and O–H groups in total. The second-order valence-electron chi connectivity index (χ2n) is 6.84. The van der Waals surface area contributed by atoms with Crippen LogP contribution in [-0.4, -0.2) is 52.2 Å². The molecule has 0 atom stereocenters. The van der Waals surface area contributed by atoms with Crippen molar-refractivity contribution in [2.24, 2.45) is 5.41 Å². The summed E-state index contributed by atoms with van der Waals surface area (Å²) in [5, 5.41) is 13.7. The minimum atomic E-state index is -1.10. The van der Waals surface area contributed by atoms with Gasteiger partial charge in [0.15, 0.2) is 0 Å². The normalized spacial score (nSPS) is 20.0. The first-order valence-corrected chi connectivity index (χ1v) is 9.07. The lowest BCUT2D eigenvalue weighted by molar-refractivity contribution is -0.137. The number of aromatic carboxylic acids is 1. The number of aromatic nitrogens is 2. The average molecular weight is 364 g/mol. The Bertz CT molecular complexity index is 685. The van der Waals surface area contributed by atoms with Gasteiger partial charge < -0.3 is 14.6 Å². The largest absolute Gasteiger partial charge is 0.477 e. The van der Waals surface area contributed by atoms with Crippen LogP contribution in [0, 0.1) is 5.41 Å². The third-order valence-corrected chi connectivity index (χ3v) is 5.43. The second-order valence-corrected chi connectivity index (χ2v) is 6.84. The number of ketones is 2. The summed E-state index contributed by atoms with van der Waals surface area (Å²) in [4.78, 5) is 35.8. The number of rotatable bonds is 7. The van der Waals surface area contributed by atoms with E-state index < -0.39 is 11.4 Å². The topological polar surface area (TPSA) is 108 Å². The van der Waals surface area contributed by atoms with Crippen LogP contribution in [0.1, 0.15) is 61.8 Å². The van der Waals surface area contributed by atoms with Crippen LogP contribution in [-0.2, 0) is 14.3 Å². The lowest BCUT2D eigenvalue weighted by atomic mass is 9.70. The zero-order valence-electron chi connectivity index (χ0n) is 14.9. The minimum absolute atomic E-state index is 0.00908. The van der Waals surface area contributed by atoms with E-state index in [1.54, 1.807) is 4.68 Å². The summed E-state index contributed by atoms with van der Waals surface area (Å²) in [6.07, 6.45) is 4.45. The Morgan fingerprint density at radius 3 is 2.50 bits per heavy atom. The maximum absolute atomic E-state index is 12.2. The van der Waals surface area contributed by atoms with E-state index in [1.165, 1.54) is 6.20 Å². The number of ether oxygens (including phenoxy) is 2. The van der Waals surface area contributed by atoms with Crippen LogP contribution >= 0.6 is 0 Å². The van der Waals surface area contributed by atoms with Crippen molar-refractivity contribution in [2.45, 2.75) is 51.5 Å². The Morgan fingerprint density at radius 2 is 1.92 bits per heavy atom. The molecule has 1 spiro atoms. The third-order valence-electron chi connectivity index (χ3n) is 5.43. The van der Waals surface area contributed by atoms with Crippen molar-refractivity contribution in [3.8, 4) is 5.88 Å². The fraction of sp³-hybridized carbons (Fsp3) is 0.667. The monoisotopic (exact) mass is 364 g/mol. The van der Waals surface area contributed by atoms with Gasteiger partial charge in [-0.05, 0) is 32.6 Å². The molecule has 0 radical (unpaired) electrons. The van der Waals surface area contributed by atoms with Crippen molar-refractivity contribution in [3.05, 3.63) is 11.8 Å². The number of hydrogen-bond donors (Lipinski definition) is 1. The first kappa shape index (κ1) is 18.6. The second kappa shape index (κ2) is 7.57. The maximum Gasteiger partial charge on any atom is 0.342 e. The van der Waals surface area contributed by atoms with E-state index in [9.17, 15) is 19.5 Å². The molecule has 0 bridgehead atoms. The SMILES string of the molecule is CCOCCOc1nn(C2CCC3(CC2)C(=O)CCC3=O)cc1C(=O)O. The molecule has 2 fully saturated rings. The van der Waals surface area contributed by atoms with Gasteiger partial charge in [-0.3, -0.25) is 14.3 Å². The molecule has 1 aromatic heterocycles. The number of carboxylic acids is 1. The van der Waals surface area contributed by atoms with E-state index in [4.69, 9.17) is 9.47 Å². The van der Waals surface area contributed by atoms with Crippen molar-refractivity contribution in [1.82, 2.24) is 9.78 Å². The first-order valence-electron chi connectivity index (χ1n) is 9.07. The van der Waals surface area contributed by atoms with Crippen LogP contribution < -0.4 is 4.74 Å². The minimum Gasteiger partial charge on any atom is -0.477 e. The van der Waals surface area contributed by atoms with Gasteiger partial charge in [-0.1, -0.05) is 0 Å². The van der Waals surface area contributed by atoms with Gasteiger partial charge in [-0.2, -0.15) is 0 Å². The summed E-state index contributed by atoms with van der Waals surface area (Å²) >= 11 is 0. The summed E-state index contributed by atoms with van der Waals surface area (Å²) in [6.45, 7) is 3.01. The van der Waals surface area contributed by atoms with Gasteiger partial charge in [0.1, 0.15) is 23.7 Å². The van der Waals surface area contributed by atoms with Crippen molar-refractivity contribution < 1.29 is 29.0 Å². The molecule has 2 aliphatic carbocycles. The number of nitrogens with zero attached hydrogens (tertiary/aromatic N) is 2. The van der Waals surface area contributed by atoms with Crippen LogP contribution in [0.4, 0.5) is 0 Å². The fourth-order valence-electron chi connectivity index (χ4n) is 3.94. The molecule has 1 aromatic rings. The van der Waals surface area contributed by atoms with Crippen molar-refractivity contribution in [2.75, 3.05) is 19.8 Å². The van der Waals surface area contributed by atoms with Crippen LogP contribution in [0.15, 0.2) is 6.20 Å². The lowest BCUT2D eigenvalue weighted by Gasteiger charge is -2.34. The number of carbonyl (C=O) groups excluding carboxylic acids is 2. The summed E-state index contributed by atoms with van der Waals surface area (Å²) in [6, 6.07) is -0.0378. The Labute approximate surface area is 151 Å². The third kappa shape index (κ3) is 3.38. The molecule has 0 aromatic carbocycles. The maximum atomic E-state index is 12.2. The lowest BCUT2D eigenvalue weighted by Crippen LogP contribution is -2.37. The van der Waals surface area contributed by atoms with Gasteiger partial charge in [0, 0.05) is 25.6 Å². The molecule has 2 aliphatic rings. The Hall–Kier alpha value is -2.22. The summed E-state index contributed by atoms with van der Waals surface area (Å²) in [5.41, 5.74) is -0.786. The van der Waals surface area contributed by atoms with Gasteiger partial charge >= 0.3 is 5.97 Å². The molecule has 0 amide bonds. The quantitative estimate of drug-likeness (QED) is 0.582. The zero-order chi connectivity index (χ0) is 18.7. The molecular formula is C18H24N2O6. The molecule has 8 heteroatoms. The van der Waals surface area contributed by atoms with Gasteiger partial charge in [0.2, 0.25) is 5.88 Å². The van der Waals surface area contributed by atoms with E-state index in [1.807, 2.05) is 6.92 Å². The molecule has 0 unspecified atom stereocenters. The van der Waals surface area contributed by atoms with Gasteiger partial charge in [0.25, 0.3) is 0 Å². The molecule has 2 saturated carbocycles. The van der Waals surface area contributed by atoms with Crippen LogP contribution in [0.3, 0.4) is 0 Å². The van der Waals surface area contributed by atoms with Crippen molar-refractivity contribution >= 4 is 17.5 Å². The molecule has 8 nitrogen and oxygen atoms in total. The molecular weight excluding hydrogens is 340 g/mol. The first-order chi connectivity index (χ1) is 12.5. The van der Waals surface area contributed by atoms with Crippen LogP contribution in [0.2, 0.25) is 0 Å². The highest BCUT2D eigenvalue weighted by Crippen LogP contribution is 2.47. The highest BCUT2D eigenvalue weighted by Gasteiger charge is 2.51. The van der Waals surface area contributed by atoms with Gasteiger partial charge in [0.05, 0.1) is 18.1 Å². The van der Waals surface area contributed by atoms with Gasteiger partial charge in [-0.15, -0.1) is 5.10 Å².